The number of nitrogens with zero attached hydrogens (tertiary/aromatic N) is 1. The quantitative estimate of drug-likeness (QED) is 0.825. The van der Waals surface area contributed by atoms with Crippen molar-refractivity contribution in [2.75, 3.05) is 6.54 Å². The van der Waals surface area contributed by atoms with E-state index in [4.69, 9.17) is 5.11 Å². The highest BCUT2D eigenvalue weighted by Crippen LogP contribution is 2.17. The molecule has 1 rings (SSSR count). The highest BCUT2D eigenvalue weighted by molar-refractivity contribution is 5.80. The Kier molecular flexibility index (Phi) is 6.67. The van der Waals surface area contributed by atoms with Gasteiger partial charge in [0.15, 0.2) is 0 Å². The molecule has 0 heterocycles. The van der Waals surface area contributed by atoms with E-state index in [0.29, 0.717) is 0 Å². The molecule has 2 amide bonds. The molecule has 19 heavy (non-hydrogen) atoms. The van der Waals surface area contributed by atoms with Crippen molar-refractivity contribution in [3.8, 4) is 0 Å². The van der Waals surface area contributed by atoms with Crippen molar-refractivity contribution < 1.29 is 14.7 Å². The van der Waals surface area contributed by atoms with E-state index >= 15 is 0 Å². The van der Waals surface area contributed by atoms with Crippen LogP contribution in [0.5, 0.6) is 0 Å². The van der Waals surface area contributed by atoms with Crippen LogP contribution in [-0.4, -0.2) is 40.6 Å². The smallest absolute Gasteiger partial charge is 0.323 e. The van der Waals surface area contributed by atoms with Crippen LogP contribution in [0.15, 0.2) is 0 Å². The zero-order chi connectivity index (χ0) is 14.3. The molecule has 0 saturated heterocycles. The van der Waals surface area contributed by atoms with Crippen molar-refractivity contribution in [2.45, 2.75) is 70.9 Å². The Bertz CT molecular complexity index is 297. The summed E-state index contributed by atoms with van der Waals surface area (Å²) in [5, 5.41) is 11.8. The van der Waals surface area contributed by atoms with Crippen molar-refractivity contribution in [3.05, 3.63) is 0 Å². The molecular weight excluding hydrogens is 244 g/mol. The minimum atomic E-state index is -0.971. The number of carboxylic acids is 1. The number of carbonyl (C=O) groups excluding carboxylic acids is 1. The van der Waals surface area contributed by atoms with Crippen LogP contribution >= 0.6 is 0 Å². The number of amides is 2. The summed E-state index contributed by atoms with van der Waals surface area (Å²) in [6.45, 7) is 3.43. The van der Waals surface area contributed by atoms with E-state index in [0.717, 1.165) is 25.7 Å². The van der Waals surface area contributed by atoms with E-state index in [2.05, 4.69) is 5.32 Å². The molecule has 110 valence electrons. The number of rotatable bonds is 4. The van der Waals surface area contributed by atoms with Gasteiger partial charge in [-0.2, -0.15) is 0 Å². The summed E-state index contributed by atoms with van der Waals surface area (Å²) in [5.74, 6) is -0.971. The zero-order valence-electron chi connectivity index (χ0n) is 12.0. The molecule has 0 spiro atoms. The van der Waals surface area contributed by atoms with Crippen LogP contribution in [-0.2, 0) is 4.79 Å². The Morgan fingerprint density at radius 1 is 1.16 bits per heavy atom. The minimum Gasteiger partial charge on any atom is -0.480 e. The number of urea groups is 1. The summed E-state index contributed by atoms with van der Waals surface area (Å²) < 4.78 is 0. The molecule has 0 atom stereocenters. The molecule has 5 nitrogen and oxygen atoms in total. The summed E-state index contributed by atoms with van der Waals surface area (Å²) in [6.07, 6.45) is 8.05. The largest absolute Gasteiger partial charge is 0.480 e. The van der Waals surface area contributed by atoms with Crippen molar-refractivity contribution in [2.24, 2.45) is 0 Å². The highest BCUT2D eigenvalue weighted by atomic mass is 16.4. The molecule has 1 fully saturated rings. The van der Waals surface area contributed by atoms with Gasteiger partial charge in [-0.1, -0.05) is 32.1 Å². The second-order valence-electron chi connectivity index (χ2n) is 5.61. The molecule has 0 unspecified atom stereocenters. The van der Waals surface area contributed by atoms with Gasteiger partial charge in [0.25, 0.3) is 0 Å². The molecule has 0 aromatic carbocycles. The third kappa shape index (κ3) is 5.94. The Balaban J connectivity index is 2.51. The number of hydrogen-bond acceptors (Lipinski definition) is 2. The van der Waals surface area contributed by atoms with E-state index in [1.165, 1.54) is 24.2 Å². The van der Waals surface area contributed by atoms with Crippen molar-refractivity contribution in [1.82, 2.24) is 10.2 Å². The summed E-state index contributed by atoms with van der Waals surface area (Å²) in [4.78, 5) is 24.3. The van der Waals surface area contributed by atoms with Crippen LogP contribution in [0.4, 0.5) is 4.79 Å². The topological polar surface area (TPSA) is 69.6 Å². The van der Waals surface area contributed by atoms with E-state index in [-0.39, 0.29) is 24.7 Å². The molecule has 0 aromatic heterocycles. The molecule has 1 aliphatic carbocycles. The number of aliphatic carboxylic acids is 1. The molecule has 5 heteroatoms. The predicted octanol–water partition coefficient (Wildman–Crippen LogP) is 2.60. The van der Waals surface area contributed by atoms with Crippen molar-refractivity contribution in [1.29, 1.82) is 0 Å². The lowest BCUT2D eigenvalue weighted by Gasteiger charge is -2.29. The first-order valence-corrected chi connectivity index (χ1v) is 7.29. The summed E-state index contributed by atoms with van der Waals surface area (Å²) in [7, 11) is 0. The van der Waals surface area contributed by atoms with E-state index < -0.39 is 5.97 Å². The summed E-state index contributed by atoms with van der Waals surface area (Å²) in [5.41, 5.74) is 0. The third-order valence-corrected chi connectivity index (χ3v) is 3.62. The normalized spacial score (nSPS) is 17.6. The average molecular weight is 270 g/mol. The van der Waals surface area contributed by atoms with Crippen LogP contribution in [0.25, 0.3) is 0 Å². The average Bonchev–Trinajstić information content (AvgIpc) is 2.28. The lowest BCUT2D eigenvalue weighted by Crippen LogP contribution is -2.49. The van der Waals surface area contributed by atoms with Crippen LogP contribution in [0.1, 0.15) is 58.8 Å². The van der Waals surface area contributed by atoms with Gasteiger partial charge in [-0.15, -0.1) is 0 Å². The first-order chi connectivity index (χ1) is 9.00. The molecule has 0 aliphatic heterocycles. The zero-order valence-corrected chi connectivity index (χ0v) is 12.0. The third-order valence-electron chi connectivity index (χ3n) is 3.62. The fourth-order valence-corrected chi connectivity index (χ4v) is 2.49. The van der Waals surface area contributed by atoms with Gasteiger partial charge in [-0.05, 0) is 26.7 Å². The Hall–Kier alpha value is -1.26. The second-order valence-corrected chi connectivity index (χ2v) is 5.61. The van der Waals surface area contributed by atoms with Gasteiger partial charge in [0.2, 0.25) is 0 Å². The van der Waals surface area contributed by atoms with Gasteiger partial charge < -0.3 is 15.3 Å². The molecular formula is C14H26N2O3. The molecule has 0 bridgehead atoms. The monoisotopic (exact) mass is 270 g/mol. The van der Waals surface area contributed by atoms with Gasteiger partial charge in [-0.3, -0.25) is 4.79 Å². The summed E-state index contributed by atoms with van der Waals surface area (Å²) in [6, 6.07) is -0.157. The standard InChI is InChI=1S/C14H26N2O3/c1-11(2)16(10-13(17)18)14(19)15-12-8-6-4-3-5-7-9-12/h11-12H,3-10H2,1-2H3,(H,15,19)(H,17,18). The van der Waals surface area contributed by atoms with E-state index in [1.54, 1.807) is 0 Å². The molecule has 0 radical (unpaired) electrons. The van der Waals surface area contributed by atoms with Gasteiger partial charge >= 0.3 is 12.0 Å². The lowest BCUT2D eigenvalue weighted by molar-refractivity contribution is -0.138. The highest BCUT2D eigenvalue weighted by Gasteiger charge is 2.22. The van der Waals surface area contributed by atoms with Gasteiger partial charge in [0.05, 0.1) is 0 Å². The van der Waals surface area contributed by atoms with Gasteiger partial charge in [0.1, 0.15) is 6.54 Å². The predicted molar refractivity (Wildman–Crippen MR) is 74.1 cm³/mol. The van der Waals surface area contributed by atoms with Gasteiger partial charge in [-0.25, -0.2) is 4.79 Å². The maximum atomic E-state index is 12.1. The number of hydrogen-bond donors (Lipinski definition) is 2. The first kappa shape index (κ1) is 15.8. The van der Waals surface area contributed by atoms with E-state index in [9.17, 15) is 9.59 Å². The first-order valence-electron chi connectivity index (χ1n) is 7.29. The fourth-order valence-electron chi connectivity index (χ4n) is 2.49. The molecule has 2 N–H and O–H groups in total. The second kappa shape index (κ2) is 8.02. The molecule has 1 aliphatic rings. The van der Waals surface area contributed by atoms with Gasteiger partial charge in [0, 0.05) is 12.1 Å². The summed E-state index contributed by atoms with van der Waals surface area (Å²) >= 11 is 0. The molecule has 0 aromatic rings. The van der Waals surface area contributed by atoms with Crippen LogP contribution in [0, 0.1) is 0 Å². The minimum absolute atomic E-state index is 0.107. The Labute approximate surface area is 115 Å². The molecule has 1 saturated carbocycles. The SMILES string of the molecule is CC(C)N(CC(=O)O)C(=O)NC1CCCCCCC1. The number of carbonyl (C=O) groups is 2. The maximum Gasteiger partial charge on any atom is 0.323 e. The Morgan fingerprint density at radius 3 is 2.16 bits per heavy atom. The maximum absolute atomic E-state index is 12.1. The van der Waals surface area contributed by atoms with Crippen LogP contribution in [0.2, 0.25) is 0 Å². The van der Waals surface area contributed by atoms with Crippen LogP contribution in [0.3, 0.4) is 0 Å². The van der Waals surface area contributed by atoms with Crippen LogP contribution < -0.4 is 5.32 Å². The van der Waals surface area contributed by atoms with Crippen molar-refractivity contribution in [3.63, 3.8) is 0 Å². The number of carboxylic acid groups (broad SMARTS) is 1. The number of nitrogens with one attached hydrogen (secondary N) is 1. The Morgan fingerprint density at radius 2 is 1.68 bits per heavy atom. The van der Waals surface area contributed by atoms with Crippen molar-refractivity contribution >= 4 is 12.0 Å². The lowest BCUT2D eigenvalue weighted by atomic mass is 9.97. The van der Waals surface area contributed by atoms with E-state index in [1.807, 2.05) is 13.8 Å². The fraction of sp³-hybridized carbons (Fsp3) is 0.857.